The van der Waals surface area contributed by atoms with E-state index in [0.29, 0.717) is 5.75 Å². The van der Waals surface area contributed by atoms with E-state index in [1.807, 2.05) is 23.9 Å². The summed E-state index contributed by atoms with van der Waals surface area (Å²) in [6, 6.07) is 1.93. The zero-order valence-corrected chi connectivity index (χ0v) is 8.02. The average molecular weight is 181 g/mol. The highest BCUT2D eigenvalue weighted by Gasteiger charge is 2.05. The van der Waals surface area contributed by atoms with Crippen LogP contribution in [0, 0.1) is 12.3 Å². The molecule has 2 nitrogen and oxygen atoms in total. The number of terminal acetylenes is 1. The number of hydrogen-bond acceptors (Lipinski definition) is 2. The number of thioether (sulfide) groups is 1. The number of nitrogens with zero attached hydrogens (tertiary/aromatic N) is 1. The van der Waals surface area contributed by atoms with Crippen LogP contribution in [0.2, 0.25) is 0 Å². The van der Waals surface area contributed by atoms with E-state index in [9.17, 15) is 0 Å². The van der Waals surface area contributed by atoms with Gasteiger partial charge in [-0.3, -0.25) is 0 Å². The standard InChI is InChI=1S/C9H11NOS/c1-4-7-12-9-8(11-3)5-6-10(9)2/h1,5-6H,7H2,2-3H3. The third-order valence-corrected chi connectivity index (χ3v) is 2.57. The zero-order valence-electron chi connectivity index (χ0n) is 7.20. The van der Waals surface area contributed by atoms with Gasteiger partial charge in [0.15, 0.2) is 5.75 Å². The van der Waals surface area contributed by atoms with Crippen molar-refractivity contribution in [3.8, 4) is 18.1 Å². The van der Waals surface area contributed by atoms with Gasteiger partial charge in [-0.25, -0.2) is 0 Å². The fourth-order valence-corrected chi connectivity index (χ4v) is 1.71. The van der Waals surface area contributed by atoms with Gasteiger partial charge in [-0.1, -0.05) is 17.7 Å². The minimum atomic E-state index is 0.675. The summed E-state index contributed by atoms with van der Waals surface area (Å²) in [4.78, 5) is 0. The molecule has 1 aromatic rings. The predicted octanol–water partition coefficient (Wildman–Crippen LogP) is 1.76. The van der Waals surface area contributed by atoms with Crippen LogP contribution < -0.4 is 4.74 Å². The lowest BCUT2D eigenvalue weighted by molar-refractivity contribution is 0.402. The molecule has 1 heterocycles. The summed E-state index contributed by atoms with van der Waals surface area (Å²) >= 11 is 1.61. The van der Waals surface area contributed by atoms with Crippen molar-refractivity contribution in [3.63, 3.8) is 0 Å². The largest absolute Gasteiger partial charge is 0.494 e. The Hall–Kier alpha value is -1.01. The van der Waals surface area contributed by atoms with Crippen molar-refractivity contribution in [1.29, 1.82) is 0 Å². The molecule has 3 heteroatoms. The monoisotopic (exact) mass is 181 g/mol. The molecule has 0 aromatic carbocycles. The van der Waals surface area contributed by atoms with E-state index in [4.69, 9.17) is 11.2 Å². The van der Waals surface area contributed by atoms with Crippen LogP contribution in [0.25, 0.3) is 0 Å². The lowest BCUT2D eigenvalue weighted by Crippen LogP contribution is -1.90. The Balaban J connectivity index is 2.81. The number of hydrogen-bond donors (Lipinski definition) is 0. The summed E-state index contributed by atoms with van der Waals surface area (Å²) in [7, 11) is 3.64. The molecule has 0 aliphatic heterocycles. The quantitative estimate of drug-likeness (QED) is 0.521. The number of ether oxygens (including phenoxy) is 1. The van der Waals surface area contributed by atoms with Crippen molar-refractivity contribution in [2.75, 3.05) is 12.9 Å². The molecule has 0 N–H and O–H groups in total. The van der Waals surface area contributed by atoms with Crippen LogP contribution in [0.1, 0.15) is 0 Å². The molecule has 12 heavy (non-hydrogen) atoms. The molecule has 0 unspecified atom stereocenters. The first kappa shape index (κ1) is 9.08. The van der Waals surface area contributed by atoms with Crippen LogP contribution in [0.15, 0.2) is 17.3 Å². The Labute approximate surface area is 76.9 Å². The van der Waals surface area contributed by atoms with Crippen molar-refractivity contribution in [1.82, 2.24) is 4.57 Å². The van der Waals surface area contributed by atoms with Gasteiger partial charge in [-0.2, -0.15) is 0 Å². The van der Waals surface area contributed by atoms with E-state index in [2.05, 4.69) is 5.92 Å². The molecular weight excluding hydrogens is 170 g/mol. The maximum Gasteiger partial charge on any atom is 0.150 e. The van der Waals surface area contributed by atoms with Crippen molar-refractivity contribution in [2.45, 2.75) is 5.03 Å². The number of methoxy groups -OCH3 is 1. The molecule has 0 aliphatic rings. The maximum atomic E-state index is 5.17. The zero-order chi connectivity index (χ0) is 8.97. The van der Waals surface area contributed by atoms with E-state index in [0.717, 1.165) is 10.8 Å². The first-order valence-corrected chi connectivity index (χ1v) is 4.53. The van der Waals surface area contributed by atoms with Crippen molar-refractivity contribution in [2.24, 2.45) is 7.05 Å². The lowest BCUT2D eigenvalue weighted by Gasteiger charge is -2.03. The lowest BCUT2D eigenvalue weighted by atomic mass is 10.6. The normalized spacial score (nSPS) is 9.42. The van der Waals surface area contributed by atoms with Gasteiger partial charge in [-0.15, -0.1) is 6.42 Å². The van der Waals surface area contributed by atoms with Gasteiger partial charge < -0.3 is 9.30 Å². The highest BCUT2D eigenvalue weighted by Crippen LogP contribution is 2.28. The van der Waals surface area contributed by atoms with Crippen LogP contribution in [-0.4, -0.2) is 17.4 Å². The molecule has 0 saturated carbocycles. The minimum absolute atomic E-state index is 0.675. The van der Waals surface area contributed by atoms with E-state index in [1.54, 1.807) is 18.9 Å². The molecule has 0 spiro atoms. The number of rotatable bonds is 3. The first-order valence-electron chi connectivity index (χ1n) is 3.55. The van der Waals surface area contributed by atoms with E-state index < -0.39 is 0 Å². The Morgan fingerprint density at radius 1 is 1.75 bits per heavy atom. The van der Waals surface area contributed by atoms with Gasteiger partial charge in [0.25, 0.3) is 0 Å². The fraction of sp³-hybridized carbons (Fsp3) is 0.333. The Bertz CT molecular complexity index is 298. The number of aromatic nitrogens is 1. The van der Waals surface area contributed by atoms with Crippen LogP contribution in [-0.2, 0) is 7.05 Å². The Kier molecular flexibility index (Phi) is 3.12. The van der Waals surface area contributed by atoms with E-state index >= 15 is 0 Å². The molecule has 0 aliphatic carbocycles. The summed E-state index contributed by atoms with van der Waals surface area (Å²) in [6.07, 6.45) is 7.12. The van der Waals surface area contributed by atoms with Crippen molar-refractivity contribution < 1.29 is 4.74 Å². The topological polar surface area (TPSA) is 14.2 Å². The van der Waals surface area contributed by atoms with Gasteiger partial charge in [0.1, 0.15) is 5.03 Å². The SMILES string of the molecule is C#CCSc1c(OC)ccn1C. The first-order chi connectivity index (χ1) is 5.79. The molecular formula is C9H11NOS. The summed E-state index contributed by atoms with van der Waals surface area (Å²) in [6.45, 7) is 0. The van der Waals surface area contributed by atoms with Gasteiger partial charge in [0, 0.05) is 13.2 Å². The van der Waals surface area contributed by atoms with Gasteiger partial charge in [0.05, 0.1) is 12.9 Å². The molecule has 0 fully saturated rings. The van der Waals surface area contributed by atoms with Crippen LogP contribution in [0.5, 0.6) is 5.75 Å². The second kappa shape index (κ2) is 4.13. The Morgan fingerprint density at radius 3 is 3.08 bits per heavy atom. The second-order valence-corrected chi connectivity index (χ2v) is 3.26. The molecule has 0 saturated heterocycles. The predicted molar refractivity (Wildman–Crippen MR) is 51.5 cm³/mol. The van der Waals surface area contributed by atoms with Crippen molar-refractivity contribution >= 4 is 11.8 Å². The minimum Gasteiger partial charge on any atom is -0.494 e. The van der Waals surface area contributed by atoms with Gasteiger partial charge >= 0.3 is 0 Å². The Morgan fingerprint density at radius 2 is 2.50 bits per heavy atom. The fourth-order valence-electron chi connectivity index (χ4n) is 0.931. The second-order valence-electron chi connectivity index (χ2n) is 2.29. The summed E-state index contributed by atoms with van der Waals surface area (Å²) < 4.78 is 7.15. The van der Waals surface area contributed by atoms with Crippen LogP contribution in [0.4, 0.5) is 0 Å². The van der Waals surface area contributed by atoms with Gasteiger partial charge in [-0.05, 0) is 6.07 Å². The number of aryl methyl sites for hydroxylation is 1. The smallest absolute Gasteiger partial charge is 0.150 e. The molecule has 64 valence electrons. The van der Waals surface area contributed by atoms with Crippen molar-refractivity contribution in [3.05, 3.63) is 12.3 Å². The summed E-state index contributed by atoms with van der Waals surface area (Å²) in [5.41, 5.74) is 0. The highest BCUT2D eigenvalue weighted by molar-refractivity contribution is 7.99. The highest BCUT2D eigenvalue weighted by atomic mass is 32.2. The molecule has 0 radical (unpaired) electrons. The summed E-state index contributed by atoms with van der Waals surface area (Å²) in [5, 5.41) is 1.08. The van der Waals surface area contributed by atoms with E-state index in [1.165, 1.54) is 0 Å². The molecule has 0 bridgehead atoms. The third kappa shape index (κ3) is 1.77. The maximum absolute atomic E-state index is 5.17. The third-order valence-electron chi connectivity index (χ3n) is 1.49. The van der Waals surface area contributed by atoms with E-state index in [-0.39, 0.29) is 0 Å². The van der Waals surface area contributed by atoms with Gasteiger partial charge in [0.2, 0.25) is 0 Å². The van der Waals surface area contributed by atoms with Crippen LogP contribution >= 0.6 is 11.8 Å². The average Bonchev–Trinajstić information content (AvgIpc) is 2.43. The molecule has 1 aromatic heterocycles. The molecule has 1 rings (SSSR count). The van der Waals surface area contributed by atoms with Crippen LogP contribution in [0.3, 0.4) is 0 Å². The molecule has 0 amide bonds. The summed E-state index contributed by atoms with van der Waals surface area (Å²) in [5.74, 6) is 4.14. The molecule has 0 atom stereocenters.